The number of nitrogens with two attached hydrogens (primary N) is 1. The number of aryl methyl sites for hydroxylation is 2. The largest absolute Gasteiger partial charge is 0.326 e. The minimum Gasteiger partial charge on any atom is -0.326 e. The summed E-state index contributed by atoms with van der Waals surface area (Å²) in [5.41, 5.74) is 8.35. The van der Waals surface area contributed by atoms with Crippen LogP contribution in [0.4, 0.5) is 0 Å². The van der Waals surface area contributed by atoms with Crippen molar-refractivity contribution in [3.63, 3.8) is 0 Å². The van der Waals surface area contributed by atoms with Gasteiger partial charge in [-0.15, -0.1) is 0 Å². The Kier molecular flexibility index (Phi) is 3.07. The Morgan fingerprint density at radius 1 is 1.60 bits per heavy atom. The highest BCUT2D eigenvalue weighted by Gasteiger charge is 2.20. The van der Waals surface area contributed by atoms with Crippen LogP contribution in [-0.4, -0.2) is 33.8 Å². The highest BCUT2D eigenvalue weighted by Crippen LogP contribution is 2.12. The first kappa shape index (κ1) is 10.6. The molecule has 0 amide bonds. The molecule has 2 N–H and O–H groups in total. The zero-order chi connectivity index (χ0) is 10.8. The predicted octanol–water partition coefficient (Wildman–Crippen LogP) is 0.516. The van der Waals surface area contributed by atoms with Crippen LogP contribution in [0, 0.1) is 0 Å². The third-order valence-corrected chi connectivity index (χ3v) is 3.08. The van der Waals surface area contributed by atoms with Gasteiger partial charge in [-0.3, -0.25) is 9.58 Å². The molecule has 1 atom stereocenters. The SMILES string of the molecule is CCc1cc(CN2CC[C@H](N)C2)n(C)n1. The molecule has 2 rings (SSSR count). The van der Waals surface area contributed by atoms with Gasteiger partial charge in [-0.1, -0.05) is 6.92 Å². The number of hydrogen-bond acceptors (Lipinski definition) is 3. The fraction of sp³-hybridized carbons (Fsp3) is 0.727. The van der Waals surface area contributed by atoms with Crippen molar-refractivity contribution in [3.05, 3.63) is 17.5 Å². The maximum atomic E-state index is 5.88. The van der Waals surface area contributed by atoms with Crippen LogP contribution < -0.4 is 5.73 Å². The van der Waals surface area contributed by atoms with Gasteiger partial charge in [0.05, 0.1) is 11.4 Å². The first-order chi connectivity index (χ1) is 7.19. The molecule has 1 aliphatic heterocycles. The first-order valence-electron chi connectivity index (χ1n) is 5.68. The minimum atomic E-state index is 0.365. The van der Waals surface area contributed by atoms with E-state index in [-0.39, 0.29) is 0 Å². The highest BCUT2D eigenvalue weighted by atomic mass is 15.3. The highest BCUT2D eigenvalue weighted by molar-refractivity contribution is 5.10. The monoisotopic (exact) mass is 208 g/mol. The van der Waals surface area contributed by atoms with Crippen molar-refractivity contribution in [2.45, 2.75) is 32.4 Å². The van der Waals surface area contributed by atoms with E-state index in [1.54, 1.807) is 0 Å². The van der Waals surface area contributed by atoms with Crippen molar-refractivity contribution in [2.75, 3.05) is 13.1 Å². The Balaban J connectivity index is 2.00. The van der Waals surface area contributed by atoms with Crippen LogP contribution in [0.2, 0.25) is 0 Å². The maximum Gasteiger partial charge on any atom is 0.0625 e. The van der Waals surface area contributed by atoms with E-state index in [9.17, 15) is 0 Å². The molecule has 0 aliphatic carbocycles. The summed E-state index contributed by atoms with van der Waals surface area (Å²) in [5, 5.41) is 4.45. The van der Waals surface area contributed by atoms with E-state index in [0.717, 1.165) is 32.5 Å². The fourth-order valence-corrected chi connectivity index (χ4v) is 2.13. The number of hydrogen-bond donors (Lipinski definition) is 1. The van der Waals surface area contributed by atoms with Crippen molar-refractivity contribution in [1.82, 2.24) is 14.7 Å². The van der Waals surface area contributed by atoms with Crippen molar-refractivity contribution in [1.29, 1.82) is 0 Å². The smallest absolute Gasteiger partial charge is 0.0625 e. The van der Waals surface area contributed by atoms with Gasteiger partial charge in [0.2, 0.25) is 0 Å². The van der Waals surface area contributed by atoms with E-state index in [1.165, 1.54) is 11.4 Å². The second kappa shape index (κ2) is 4.33. The molecular formula is C11H20N4. The summed E-state index contributed by atoms with van der Waals surface area (Å²) in [6, 6.07) is 2.56. The Morgan fingerprint density at radius 3 is 2.93 bits per heavy atom. The lowest BCUT2D eigenvalue weighted by atomic mass is 10.3. The van der Waals surface area contributed by atoms with Gasteiger partial charge in [0.15, 0.2) is 0 Å². The molecule has 1 saturated heterocycles. The summed E-state index contributed by atoms with van der Waals surface area (Å²) in [5.74, 6) is 0. The van der Waals surface area contributed by atoms with Crippen molar-refractivity contribution >= 4 is 0 Å². The van der Waals surface area contributed by atoms with Gasteiger partial charge in [-0.25, -0.2) is 0 Å². The molecule has 1 aromatic heterocycles. The van der Waals surface area contributed by atoms with Crippen LogP contribution in [0.25, 0.3) is 0 Å². The molecule has 0 aromatic carbocycles. The summed E-state index contributed by atoms with van der Waals surface area (Å²) in [7, 11) is 2.02. The van der Waals surface area contributed by atoms with Gasteiger partial charge < -0.3 is 5.73 Å². The molecule has 84 valence electrons. The molecular weight excluding hydrogens is 188 g/mol. The van der Waals surface area contributed by atoms with Gasteiger partial charge in [0.25, 0.3) is 0 Å². The lowest BCUT2D eigenvalue weighted by Gasteiger charge is -2.14. The Labute approximate surface area is 91.1 Å². The lowest BCUT2D eigenvalue weighted by Crippen LogP contribution is -2.26. The van der Waals surface area contributed by atoms with E-state index in [2.05, 4.69) is 23.0 Å². The van der Waals surface area contributed by atoms with Crippen molar-refractivity contribution in [3.8, 4) is 0 Å². The summed E-state index contributed by atoms with van der Waals surface area (Å²) in [6.45, 7) is 5.26. The summed E-state index contributed by atoms with van der Waals surface area (Å²) in [4.78, 5) is 2.40. The molecule has 0 saturated carbocycles. The number of likely N-dealkylation sites (tertiary alicyclic amines) is 1. The quantitative estimate of drug-likeness (QED) is 0.787. The third kappa shape index (κ3) is 2.38. The maximum absolute atomic E-state index is 5.88. The lowest BCUT2D eigenvalue weighted by molar-refractivity contribution is 0.317. The molecule has 0 radical (unpaired) electrons. The van der Waals surface area contributed by atoms with E-state index < -0.39 is 0 Å². The molecule has 4 nitrogen and oxygen atoms in total. The van der Waals surface area contributed by atoms with E-state index >= 15 is 0 Å². The number of aromatic nitrogens is 2. The molecule has 15 heavy (non-hydrogen) atoms. The fourth-order valence-electron chi connectivity index (χ4n) is 2.13. The first-order valence-corrected chi connectivity index (χ1v) is 5.68. The minimum absolute atomic E-state index is 0.365. The zero-order valence-corrected chi connectivity index (χ0v) is 9.61. The number of rotatable bonds is 3. The van der Waals surface area contributed by atoms with Crippen LogP contribution in [0.3, 0.4) is 0 Å². The Morgan fingerprint density at radius 2 is 2.40 bits per heavy atom. The zero-order valence-electron chi connectivity index (χ0n) is 9.61. The van der Waals surface area contributed by atoms with Crippen LogP contribution in [0.1, 0.15) is 24.7 Å². The Hall–Kier alpha value is -0.870. The van der Waals surface area contributed by atoms with Crippen molar-refractivity contribution in [2.24, 2.45) is 12.8 Å². The summed E-state index contributed by atoms with van der Waals surface area (Å²) < 4.78 is 1.99. The molecule has 0 bridgehead atoms. The molecule has 0 spiro atoms. The number of nitrogens with zero attached hydrogens (tertiary/aromatic N) is 3. The molecule has 1 fully saturated rings. The van der Waals surface area contributed by atoms with Gasteiger partial charge in [-0.2, -0.15) is 5.10 Å². The van der Waals surface area contributed by atoms with E-state index in [0.29, 0.717) is 6.04 Å². The standard InChI is InChI=1S/C11H20N4/c1-3-10-6-11(14(2)13-10)8-15-5-4-9(12)7-15/h6,9H,3-5,7-8,12H2,1-2H3/t9-/m0/s1. The normalized spacial score (nSPS) is 22.5. The Bertz CT molecular complexity index is 331. The van der Waals surface area contributed by atoms with Crippen LogP contribution in [0.5, 0.6) is 0 Å². The molecule has 2 heterocycles. The predicted molar refractivity (Wildman–Crippen MR) is 60.5 cm³/mol. The van der Waals surface area contributed by atoms with Gasteiger partial charge >= 0.3 is 0 Å². The molecule has 4 heteroatoms. The summed E-state index contributed by atoms with van der Waals surface area (Å²) >= 11 is 0. The van der Waals surface area contributed by atoms with Gasteiger partial charge in [-0.05, 0) is 18.9 Å². The topological polar surface area (TPSA) is 47.1 Å². The second-order valence-corrected chi connectivity index (χ2v) is 4.39. The summed E-state index contributed by atoms with van der Waals surface area (Å²) in [6.07, 6.45) is 2.13. The van der Waals surface area contributed by atoms with Gasteiger partial charge in [0, 0.05) is 32.7 Å². The molecule has 0 unspecified atom stereocenters. The van der Waals surface area contributed by atoms with Crippen LogP contribution in [-0.2, 0) is 20.0 Å². The van der Waals surface area contributed by atoms with E-state index in [4.69, 9.17) is 5.73 Å². The van der Waals surface area contributed by atoms with Crippen LogP contribution >= 0.6 is 0 Å². The molecule has 1 aromatic rings. The van der Waals surface area contributed by atoms with E-state index in [1.807, 2.05) is 11.7 Å². The van der Waals surface area contributed by atoms with Gasteiger partial charge in [0.1, 0.15) is 0 Å². The second-order valence-electron chi connectivity index (χ2n) is 4.39. The molecule has 1 aliphatic rings. The third-order valence-electron chi connectivity index (χ3n) is 3.08. The van der Waals surface area contributed by atoms with Crippen LogP contribution in [0.15, 0.2) is 6.07 Å². The average molecular weight is 208 g/mol. The van der Waals surface area contributed by atoms with Crippen molar-refractivity contribution < 1.29 is 0 Å². The average Bonchev–Trinajstić information content (AvgIpc) is 2.75.